The number of nitrogens with two attached hydrogens (primary N) is 1. The summed E-state index contributed by atoms with van der Waals surface area (Å²) < 4.78 is 0. The summed E-state index contributed by atoms with van der Waals surface area (Å²) in [4.78, 5) is 16.6. The van der Waals surface area contributed by atoms with Gasteiger partial charge in [0.25, 0.3) is 5.91 Å². The molecule has 1 aliphatic heterocycles. The van der Waals surface area contributed by atoms with Crippen LogP contribution in [0.2, 0.25) is 0 Å². The Hall–Kier alpha value is -1.27. The predicted molar refractivity (Wildman–Crippen MR) is 83.9 cm³/mol. The van der Waals surface area contributed by atoms with Crippen LogP contribution in [0.15, 0.2) is 12.1 Å². The Morgan fingerprint density at radius 2 is 2.35 bits per heavy atom. The number of anilines is 1. The molecule has 0 aromatic carbocycles. The van der Waals surface area contributed by atoms with Crippen molar-refractivity contribution in [2.75, 3.05) is 23.5 Å². The van der Waals surface area contributed by atoms with Gasteiger partial charge < -0.3 is 10.7 Å². The van der Waals surface area contributed by atoms with E-state index in [0.29, 0.717) is 17.3 Å². The van der Waals surface area contributed by atoms with Crippen LogP contribution in [0.25, 0.3) is 0 Å². The van der Waals surface area contributed by atoms with Crippen molar-refractivity contribution in [3.63, 3.8) is 0 Å². The average Bonchev–Trinajstić information content (AvgIpc) is 2.97. The normalized spacial score (nSPS) is 18.3. The third-order valence-electron chi connectivity index (χ3n) is 3.42. The van der Waals surface area contributed by atoms with Gasteiger partial charge >= 0.3 is 0 Å². The van der Waals surface area contributed by atoms with Crippen molar-refractivity contribution in [1.82, 2.24) is 10.3 Å². The number of hydrogen-bond donors (Lipinski definition) is 3. The standard InChI is InChI=1S/C14H22N4OS/c1-9(2)12-5-11(6-13(17-12)18-15)14(19)16-7-10-3-4-20-8-10/h5-6,9-10H,3-4,7-8,15H2,1-2H3,(H,16,19)(H,17,18). The van der Waals surface area contributed by atoms with Gasteiger partial charge in [-0.15, -0.1) is 0 Å². The zero-order valence-electron chi connectivity index (χ0n) is 12.0. The molecule has 110 valence electrons. The zero-order chi connectivity index (χ0) is 14.5. The highest BCUT2D eigenvalue weighted by molar-refractivity contribution is 7.99. The molecule has 0 spiro atoms. The molecule has 1 aromatic rings. The lowest BCUT2D eigenvalue weighted by Crippen LogP contribution is -2.29. The van der Waals surface area contributed by atoms with Crippen LogP contribution in [-0.4, -0.2) is 28.9 Å². The Morgan fingerprint density at radius 3 is 2.95 bits per heavy atom. The third-order valence-corrected chi connectivity index (χ3v) is 4.65. The van der Waals surface area contributed by atoms with E-state index in [-0.39, 0.29) is 11.8 Å². The van der Waals surface area contributed by atoms with Gasteiger partial charge in [0.1, 0.15) is 5.82 Å². The number of nitrogen functional groups attached to an aromatic ring is 1. The Kier molecular flexibility index (Phi) is 5.25. The van der Waals surface area contributed by atoms with Crippen molar-refractivity contribution in [3.05, 3.63) is 23.4 Å². The second-order valence-corrected chi connectivity index (χ2v) is 6.55. The maximum Gasteiger partial charge on any atom is 0.251 e. The first kappa shape index (κ1) is 15.1. The summed E-state index contributed by atoms with van der Waals surface area (Å²) in [5.41, 5.74) is 4.00. The largest absolute Gasteiger partial charge is 0.352 e. The molecule has 1 amide bonds. The molecule has 1 unspecified atom stereocenters. The molecule has 1 atom stereocenters. The van der Waals surface area contributed by atoms with Crippen LogP contribution in [-0.2, 0) is 0 Å². The molecule has 5 nitrogen and oxygen atoms in total. The predicted octanol–water partition coefficient (Wildman–Crippen LogP) is 1.97. The fraction of sp³-hybridized carbons (Fsp3) is 0.571. The van der Waals surface area contributed by atoms with Crippen LogP contribution in [0.5, 0.6) is 0 Å². The van der Waals surface area contributed by atoms with Crippen molar-refractivity contribution in [3.8, 4) is 0 Å². The van der Waals surface area contributed by atoms with Gasteiger partial charge in [-0.2, -0.15) is 11.8 Å². The fourth-order valence-corrected chi connectivity index (χ4v) is 3.42. The molecule has 0 radical (unpaired) electrons. The number of nitrogens with one attached hydrogen (secondary N) is 2. The summed E-state index contributed by atoms with van der Waals surface area (Å²) in [7, 11) is 0. The minimum Gasteiger partial charge on any atom is -0.352 e. The first-order chi connectivity index (χ1) is 9.60. The third kappa shape index (κ3) is 3.86. The van der Waals surface area contributed by atoms with Gasteiger partial charge in [0, 0.05) is 17.8 Å². The van der Waals surface area contributed by atoms with E-state index in [0.717, 1.165) is 18.0 Å². The molecule has 20 heavy (non-hydrogen) atoms. The highest BCUT2D eigenvalue weighted by Gasteiger charge is 2.17. The molecular weight excluding hydrogens is 272 g/mol. The Bertz CT molecular complexity index is 472. The van der Waals surface area contributed by atoms with E-state index >= 15 is 0 Å². The van der Waals surface area contributed by atoms with Gasteiger partial charge in [0.15, 0.2) is 0 Å². The number of nitrogens with zero attached hydrogens (tertiary/aromatic N) is 1. The highest BCUT2D eigenvalue weighted by atomic mass is 32.2. The lowest BCUT2D eigenvalue weighted by atomic mass is 10.1. The lowest BCUT2D eigenvalue weighted by Gasteiger charge is -2.13. The summed E-state index contributed by atoms with van der Waals surface area (Å²) in [5.74, 6) is 9.08. The Morgan fingerprint density at radius 1 is 1.55 bits per heavy atom. The number of carbonyl (C=O) groups is 1. The lowest BCUT2D eigenvalue weighted by molar-refractivity contribution is 0.0948. The van der Waals surface area contributed by atoms with Crippen molar-refractivity contribution in [2.45, 2.75) is 26.2 Å². The van der Waals surface area contributed by atoms with E-state index in [1.807, 2.05) is 31.7 Å². The molecule has 2 rings (SSSR count). The van der Waals surface area contributed by atoms with Gasteiger partial charge in [-0.05, 0) is 41.9 Å². The quantitative estimate of drug-likeness (QED) is 0.571. The van der Waals surface area contributed by atoms with Gasteiger partial charge in [0.05, 0.1) is 0 Å². The summed E-state index contributed by atoms with van der Waals surface area (Å²) in [6, 6.07) is 3.52. The smallest absolute Gasteiger partial charge is 0.251 e. The maximum atomic E-state index is 12.2. The van der Waals surface area contributed by atoms with Crippen LogP contribution in [0, 0.1) is 5.92 Å². The van der Waals surface area contributed by atoms with Crippen LogP contribution in [0.1, 0.15) is 42.2 Å². The van der Waals surface area contributed by atoms with Crippen LogP contribution < -0.4 is 16.6 Å². The first-order valence-corrected chi connectivity index (χ1v) is 8.10. The highest BCUT2D eigenvalue weighted by Crippen LogP contribution is 2.23. The average molecular weight is 294 g/mol. The number of amides is 1. The summed E-state index contributed by atoms with van der Waals surface area (Å²) in [6.07, 6.45) is 1.19. The number of hydrogen-bond acceptors (Lipinski definition) is 5. The van der Waals surface area contributed by atoms with E-state index < -0.39 is 0 Å². The van der Waals surface area contributed by atoms with Crippen molar-refractivity contribution in [2.24, 2.45) is 11.8 Å². The second-order valence-electron chi connectivity index (χ2n) is 5.40. The summed E-state index contributed by atoms with van der Waals surface area (Å²) in [6.45, 7) is 4.83. The molecule has 0 saturated carbocycles. The summed E-state index contributed by atoms with van der Waals surface area (Å²) >= 11 is 1.95. The van der Waals surface area contributed by atoms with Gasteiger partial charge in [-0.3, -0.25) is 4.79 Å². The SMILES string of the molecule is CC(C)c1cc(C(=O)NCC2CCSC2)cc(NN)n1. The molecule has 1 aromatic heterocycles. The van der Waals surface area contributed by atoms with Crippen LogP contribution in [0.3, 0.4) is 0 Å². The minimum atomic E-state index is -0.0531. The molecule has 1 fully saturated rings. The molecule has 0 aliphatic carbocycles. The zero-order valence-corrected chi connectivity index (χ0v) is 12.8. The molecule has 4 N–H and O–H groups in total. The molecule has 1 saturated heterocycles. The number of hydrazine groups is 1. The number of carbonyl (C=O) groups excluding carboxylic acids is 1. The molecule has 2 heterocycles. The Balaban J connectivity index is 2.05. The topological polar surface area (TPSA) is 80.0 Å². The van der Waals surface area contributed by atoms with Crippen LogP contribution >= 0.6 is 11.8 Å². The first-order valence-electron chi connectivity index (χ1n) is 6.94. The van der Waals surface area contributed by atoms with Crippen molar-refractivity contribution >= 4 is 23.5 Å². The monoisotopic (exact) mass is 294 g/mol. The van der Waals surface area contributed by atoms with E-state index in [1.165, 1.54) is 12.2 Å². The van der Waals surface area contributed by atoms with E-state index in [4.69, 9.17) is 5.84 Å². The number of rotatable bonds is 5. The number of aromatic nitrogens is 1. The maximum absolute atomic E-state index is 12.2. The second kappa shape index (κ2) is 6.95. The van der Waals surface area contributed by atoms with Crippen LogP contribution in [0.4, 0.5) is 5.82 Å². The molecule has 6 heteroatoms. The Labute approximate surface area is 124 Å². The van der Waals surface area contributed by atoms with Crippen molar-refractivity contribution < 1.29 is 4.79 Å². The fourth-order valence-electron chi connectivity index (χ4n) is 2.14. The van der Waals surface area contributed by atoms with E-state index in [2.05, 4.69) is 15.7 Å². The minimum absolute atomic E-state index is 0.0531. The van der Waals surface area contributed by atoms with Crippen molar-refractivity contribution in [1.29, 1.82) is 0 Å². The summed E-state index contributed by atoms with van der Waals surface area (Å²) in [5, 5.41) is 3.01. The number of thioether (sulfide) groups is 1. The van der Waals surface area contributed by atoms with Gasteiger partial charge in [-0.1, -0.05) is 13.8 Å². The van der Waals surface area contributed by atoms with E-state index in [1.54, 1.807) is 6.07 Å². The molecular formula is C14H22N4OS. The molecule has 0 bridgehead atoms. The van der Waals surface area contributed by atoms with Gasteiger partial charge in [0.2, 0.25) is 0 Å². The van der Waals surface area contributed by atoms with Gasteiger partial charge in [-0.25, -0.2) is 10.8 Å². The van der Waals surface area contributed by atoms with E-state index in [9.17, 15) is 4.79 Å². The molecule has 1 aliphatic rings. The number of pyridine rings is 1.